The van der Waals surface area contributed by atoms with Gasteiger partial charge in [-0.1, -0.05) is 0 Å². The molecule has 4 atom stereocenters. The van der Waals surface area contributed by atoms with Crippen LogP contribution in [0.5, 0.6) is 0 Å². The Labute approximate surface area is 76.4 Å². The van der Waals surface area contributed by atoms with Crippen LogP contribution in [-0.2, 0) is 9.26 Å². The first-order valence-electron chi connectivity index (χ1n) is 3.90. The lowest BCUT2D eigenvalue weighted by Crippen LogP contribution is -2.33. The number of hydrogen-bond donors (Lipinski definition) is 4. The first-order chi connectivity index (χ1) is 5.81. The summed E-state index contributed by atoms with van der Waals surface area (Å²) in [4.78, 5) is 25.9. The molecule has 1 fully saturated rings. The normalized spacial score (nSPS) is 41.1. The van der Waals surface area contributed by atoms with Gasteiger partial charge in [-0.25, -0.2) is 0 Å². The molecule has 0 amide bonds. The predicted octanol–water partition coefficient (Wildman–Crippen LogP) is -0.806. The summed E-state index contributed by atoms with van der Waals surface area (Å²) in [7, 11) is -4.31. The van der Waals surface area contributed by atoms with Crippen LogP contribution in [0.2, 0.25) is 0 Å². The summed E-state index contributed by atoms with van der Waals surface area (Å²) < 4.78 is 9.64. The molecule has 1 rings (SSSR count). The third-order valence-electron chi connectivity index (χ3n) is 1.97. The number of hydrogen-bond acceptors (Lipinski definition) is 6. The third kappa shape index (κ3) is 2.82. The second-order valence-corrected chi connectivity index (χ2v) is 4.36. The van der Waals surface area contributed by atoms with Crippen LogP contribution >= 0.6 is 8.17 Å². The van der Waals surface area contributed by atoms with Crippen LogP contribution in [0.3, 0.4) is 0 Å². The molecule has 0 aliphatic carbocycles. The fourth-order valence-corrected chi connectivity index (χ4v) is 1.98. The van der Waals surface area contributed by atoms with Crippen molar-refractivity contribution in [2.24, 2.45) is 0 Å². The molecule has 0 bridgehead atoms. The van der Waals surface area contributed by atoms with Crippen LogP contribution in [0, 0.1) is 0 Å². The molecular formula is C6H14O6P+. The van der Waals surface area contributed by atoms with Gasteiger partial charge in [-0.2, -0.15) is 14.7 Å². The lowest BCUT2D eigenvalue weighted by molar-refractivity contribution is 0.0150. The molecule has 0 aromatic carbocycles. The minimum Gasteiger partial charge on any atom is -0.387 e. The summed E-state index contributed by atoms with van der Waals surface area (Å²) in [5, 5.41) is 9.43. The molecule has 0 spiro atoms. The molecule has 1 saturated heterocycles. The highest BCUT2D eigenvalue weighted by Crippen LogP contribution is 2.49. The Kier molecular flexibility index (Phi) is 3.24. The van der Waals surface area contributed by atoms with Gasteiger partial charge in [0.25, 0.3) is 0 Å². The van der Waals surface area contributed by atoms with Crippen LogP contribution < -0.4 is 0 Å². The summed E-state index contributed by atoms with van der Waals surface area (Å²) in [6.45, 7) is 3.25. The van der Waals surface area contributed by atoms with Crippen LogP contribution in [0.4, 0.5) is 0 Å². The number of aliphatic hydroxyl groups excluding tert-OH is 1. The van der Waals surface area contributed by atoms with Gasteiger partial charge >= 0.3 is 8.17 Å². The summed E-state index contributed by atoms with van der Waals surface area (Å²) in [6, 6.07) is 0. The van der Waals surface area contributed by atoms with Crippen molar-refractivity contribution in [2.75, 3.05) is 0 Å². The average Bonchev–Trinajstić information content (AvgIpc) is 2.14. The maximum atomic E-state index is 9.43. The Morgan fingerprint density at radius 3 is 2.00 bits per heavy atom. The standard InChI is InChI=1S/C6H14O6P/c1-3-5(7)6(4(2)11-3)12-13(8,9)10/h3-10H,1-2H3/q+1. The van der Waals surface area contributed by atoms with E-state index >= 15 is 0 Å². The molecule has 0 radical (unpaired) electrons. The van der Waals surface area contributed by atoms with Gasteiger partial charge in [-0.3, -0.25) is 0 Å². The van der Waals surface area contributed by atoms with E-state index in [2.05, 4.69) is 4.52 Å². The van der Waals surface area contributed by atoms with Crippen LogP contribution in [0.15, 0.2) is 0 Å². The molecule has 78 valence electrons. The molecular weight excluding hydrogens is 199 g/mol. The Bertz CT molecular complexity index is 180. The van der Waals surface area contributed by atoms with Gasteiger partial charge in [0.05, 0.1) is 12.2 Å². The first-order valence-corrected chi connectivity index (χ1v) is 5.47. The lowest BCUT2D eigenvalue weighted by atomic mass is 10.1. The molecule has 0 saturated carbocycles. The maximum absolute atomic E-state index is 9.43. The summed E-state index contributed by atoms with van der Waals surface area (Å²) in [5.41, 5.74) is 0. The molecule has 13 heavy (non-hydrogen) atoms. The highest BCUT2D eigenvalue weighted by Gasteiger charge is 2.49. The first kappa shape index (κ1) is 11.3. The zero-order chi connectivity index (χ0) is 10.2. The number of ether oxygens (including phenoxy) is 1. The largest absolute Gasteiger partial charge is 0.567 e. The van der Waals surface area contributed by atoms with Gasteiger partial charge in [0, 0.05) is 0 Å². The van der Waals surface area contributed by atoms with E-state index in [4.69, 9.17) is 19.4 Å². The van der Waals surface area contributed by atoms with Crippen molar-refractivity contribution in [1.82, 2.24) is 0 Å². The molecule has 4 N–H and O–H groups in total. The van der Waals surface area contributed by atoms with Gasteiger partial charge in [0.15, 0.2) is 6.10 Å². The Morgan fingerprint density at radius 2 is 1.69 bits per heavy atom. The van der Waals surface area contributed by atoms with E-state index in [1.54, 1.807) is 13.8 Å². The quantitative estimate of drug-likeness (QED) is 0.448. The monoisotopic (exact) mass is 213 g/mol. The molecule has 6 nitrogen and oxygen atoms in total. The fourth-order valence-electron chi connectivity index (χ4n) is 1.35. The van der Waals surface area contributed by atoms with Gasteiger partial charge < -0.3 is 9.84 Å². The van der Waals surface area contributed by atoms with E-state index in [0.717, 1.165) is 0 Å². The smallest absolute Gasteiger partial charge is 0.387 e. The van der Waals surface area contributed by atoms with E-state index < -0.39 is 32.6 Å². The maximum Gasteiger partial charge on any atom is 0.567 e. The van der Waals surface area contributed by atoms with Crippen molar-refractivity contribution < 1.29 is 29.0 Å². The van der Waals surface area contributed by atoms with E-state index in [0.29, 0.717) is 0 Å². The van der Waals surface area contributed by atoms with E-state index in [1.165, 1.54) is 0 Å². The highest BCUT2D eigenvalue weighted by atomic mass is 31.2. The summed E-state index contributed by atoms with van der Waals surface area (Å²) in [6.07, 6.45) is -2.77. The highest BCUT2D eigenvalue weighted by molar-refractivity contribution is 7.53. The van der Waals surface area contributed by atoms with Gasteiger partial charge in [0.2, 0.25) is 0 Å². The third-order valence-corrected chi connectivity index (χ3v) is 2.50. The van der Waals surface area contributed by atoms with Crippen LogP contribution in [0.25, 0.3) is 0 Å². The topological polar surface area (TPSA) is 99.4 Å². The summed E-state index contributed by atoms with van der Waals surface area (Å²) >= 11 is 0. The Hall–Kier alpha value is 0.190. The van der Waals surface area contributed by atoms with Gasteiger partial charge in [-0.05, 0) is 13.8 Å². The minimum absolute atomic E-state index is 0.438. The van der Waals surface area contributed by atoms with Crippen molar-refractivity contribution in [3.63, 3.8) is 0 Å². The summed E-state index contributed by atoms with van der Waals surface area (Å²) in [5.74, 6) is 0. The van der Waals surface area contributed by atoms with Crippen molar-refractivity contribution in [3.8, 4) is 0 Å². The van der Waals surface area contributed by atoms with Crippen molar-refractivity contribution in [1.29, 1.82) is 0 Å². The SMILES string of the molecule is CC1OC(C)C(O[P+](O)(O)O)C1O. The second-order valence-electron chi connectivity index (χ2n) is 3.12. The minimum atomic E-state index is -4.31. The van der Waals surface area contributed by atoms with Crippen LogP contribution in [-0.4, -0.2) is 44.2 Å². The van der Waals surface area contributed by atoms with Crippen LogP contribution in [0.1, 0.15) is 13.8 Å². The van der Waals surface area contributed by atoms with E-state index in [-0.39, 0.29) is 0 Å². The van der Waals surface area contributed by atoms with E-state index in [9.17, 15) is 5.11 Å². The van der Waals surface area contributed by atoms with Gasteiger partial charge in [0.1, 0.15) is 6.10 Å². The lowest BCUT2D eigenvalue weighted by Gasteiger charge is -2.15. The predicted molar refractivity (Wildman–Crippen MR) is 44.5 cm³/mol. The molecule has 0 aromatic rings. The molecule has 7 heteroatoms. The Balaban J connectivity index is 2.59. The molecule has 1 aliphatic heterocycles. The van der Waals surface area contributed by atoms with Gasteiger partial charge in [-0.15, -0.1) is 4.52 Å². The van der Waals surface area contributed by atoms with Crippen molar-refractivity contribution >= 4 is 8.17 Å². The average molecular weight is 213 g/mol. The Morgan fingerprint density at radius 1 is 1.15 bits per heavy atom. The van der Waals surface area contributed by atoms with Crippen molar-refractivity contribution in [3.05, 3.63) is 0 Å². The molecule has 0 aromatic heterocycles. The van der Waals surface area contributed by atoms with Crippen molar-refractivity contribution in [2.45, 2.75) is 38.3 Å². The number of rotatable bonds is 2. The zero-order valence-corrected chi connectivity index (χ0v) is 8.26. The molecule has 1 aliphatic rings. The molecule has 4 unspecified atom stereocenters. The molecule has 1 heterocycles. The number of aliphatic hydroxyl groups is 1. The zero-order valence-electron chi connectivity index (χ0n) is 7.36. The second kappa shape index (κ2) is 3.74. The fraction of sp³-hybridized carbons (Fsp3) is 1.00. The van der Waals surface area contributed by atoms with E-state index in [1.807, 2.05) is 0 Å².